The Balaban J connectivity index is 2.42. The summed E-state index contributed by atoms with van der Waals surface area (Å²) in [6.45, 7) is 2.51. The van der Waals surface area contributed by atoms with Crippen molar-refractivity contribution in [2.75, 3.05) is 19.4 Å². The van der Waals surface area contributed by atoms with Gasteiger partial charge in [-0.15, -0.1) is 0 Å². The van der Waals surface area contributed by atoms with Gasteiger partial charge in [0, 0.05) is 6.04 Å². The summed E-state index contributed by atoms with van der Waals surface area (Å²) in [5.74, 6) is 0.573. The summed E-state index contributed by atoms with van der Waals surface area (Å²) in [6, 6.07) is 7.78. The van der Waals surface area contributed by atoms with Crippen molar-refractivity contribution in [2.24, 2.45) is 0 Å². The second kappa shape index (κ2) is 6.72. The van der Waals surface area contributed by atoms with Gasteiger partial charge in [-0.25, -0.2) is 0 Å². The van der Waals surface area contributed by atoms with Crippen LogP contribution in [0.15, 0.2) is 24.3 Å². The predicted octanol–water partition coefficient (Wildman–Crippen LogP) is 1.62. The SMILES string of the molecule is COc1cccc(C(C)NCCCS(=O)(=O)O)c1. The van der Waals surface area contributed by atoms with Crippen LogP contribution in [0.2, 0.25) is 0 Å². The van der Waals surface area contributed by atoms with Crippen molar-refractivity contribution in [3.8, 4) is 5.75 Å². The fraction of sp³-hybridized carbons (Fsp3) is 0.500. The highest BCUT2D eigenvalue weighted by Gasteiger charge is 2.07. The summed E-state index contributed by atoms with van der Waals surface area (Å²) >= 11 is 0. The Kier molecular flexibility index (Phi) is 5.58. The molecule has 0 aliphatic carbocycles. The smallest absolute Gasteiger partial charge is 0.264 e. The zero-order valence-electron chi connectivity index (χ0n) is 10.6. The van der Waals surface area contributed by atoms with Gasteiger partial charge in [-0.05, 0) is 37.6 Å². The fourth-order valence-corrected chi connectivity index (χ4v) is 2.11. The molecule has 1 unspecified atom stereocenters. The first-order valence-electron chi connectivity index (χ1n) is 5.75. The van der Waals surface area contributed by atoms with Gasteiger partial charge in [0.05, 0.1) is 12.9 Å². The van der Waals surface area contributed by atoms with Crippen LogP contribution in [0.3, 0.4) is 0 Å². The molecule has 1 aromatic carbocycles. The molecule has 0 aromatic heterocycles. The maximum absolute atomic E-state index is 10.5. The molecule has 2 N–H and O–H groups in total. The lowest BCUT2D eigenvalue weighted by Gasteiger charge is -2.14. The van der Waals surface area contributed by atoms with E-state index in [1.807, 2.05) is 31.2 Å². The van der Waals surface area contributed by atoms with Crippen molar-refractivity contribution in [2.45, 2.75) is 19.4 Å². The van der Waals surface area contributed by atoms with Crippen LogP contribution in [0.4, 0.5) is 0 Å². The third-order valence-electron chi connectivity index (χ3n) is 2.62. The molecular weight excluding hydrogens is 254 g/mol. The Bertz CT molecular complexity index is 473. The van der Waals surface area contributed by atoms with Gasteiger partial charge in [0.25, 0.3) is 10.1 Å². The van der Waals surface area contributed by atoms with Crippen LogP contribution in [-0.2, 0) is 10.1 Å². The van der Waals surface area contributed by atoms with E-state index in [1.54, 1.807) is 7.11 Å². The quantitative estimate of drug-likeness (QED) is 0.583. The van der Waals surface area contributed by atoms with Gasteiger partial charge in [-0.2, -0.15) is 8.42 Å². The number of rotatable bonds is 7. The Morgan fingerprint density at radius 3 is 2.78 bits per heavy atom. The largest absolute Gasteiger partial charge is 0.497 e. The lowest BCUT2D eigenvalue weighted by atomic mass is 10.1. The van der Waals surface area contributed by atoms with Crippen molar-refractivity contribution >= 4 is 10.1 Å². The lowest BCUT2D eigenvalue weighted by Crippen LogP contribution is -2.21. The van der Waals surface area contributed by atoms with Gasteiger partial charge in [0.1, 0.15) is 5.75 Å². The minimum absolute atomic E-state index is 0.0986. The number of methoxy groups -OCH3 is 1. The molecular formula is C12H19NO4S. The number of ether oxygens (including phenoxy) is 1. The highest BCUT2D eigenvalue weighted by Crippen LogP contribution is 2.18. The Morgan fingerprint density at radius 1 is 1.44 bits per heavy atom. The van der Waals surface area contributed by atoms with Gasteiger partial charge in [-0.1, -0.05) is 12.1 Å². The van der Waals surface area contributed by atoms with Crippen LogP contribution in [-0.4, -0.2) is 32.4 Å². The van der Waals surface area contributed by atoms with E-state index < -0.39 is 10.1 Å². The van der Waals surface area contributed by atoms with Crippen molar-refractivity contribution < 1.29 is 17.7 Å². The molecule has 1 atom stereocenters. The number of nitrogens with one attached hydrogen (secondary N) is 1. The average molecular weight is 273 g/mol. The number of benzene rings is 1. The molecule has 0 spiro atoms. The summed E-state index contributed by atoms with van der Waals surface area (Å²) in [5.41, 5.74) is 1.07. The van der Waals surface area contributed by atoms with E-state index in [9.17, 15) is 8.42 Å². The predicted molar refractivity (Wildman–Crippen MR) is 70.4 cm³/mol. The van der Waals surface area contributed by atoms with Gasteiger partial charge in [0.15, 0.2) is 0 Å². The standard InChI is InChI=1S/C12H19NO4S/c1-10(13-7-4-8-18(14,15)16)11-5-3-6-12(9-11)17-2/h3,5-6,9-10,13H,4,7-8H2,1-2H3,(H,14,15,16). The van der Waals surface area contributed by atoms with Crippen LogP contribution in [0, 0.1) is 0 Å². The highest BCUT2D eigenvalue weighted by molar-refractivity contribution is 7.85. The Hall–Kier alpha value is -1.11. The van der Waals surface area contributed by atoms with Crippen LogP contribution in [0.25, 0.3) is 0 Å². The van der Waals surface area contributed by atoms with Crippen LogP contribution in [0.5, 0.6) is 5.75 Å². The third kappa shape index (κ3) is 5.48. The van der Waals surface area contributed by atoms with Crippen molar-refractivity contribution in [3.63, 3.8) is 0 Å². The summed E-state index contributed by atoms with van der Waals surface area (Å²) < 4.78 is 34.8. The first kappa shape index (κ1) is 14.9. The highest BCUT2D eigenvalue weighted by atomic mass is 32.2. The molecule has 0 radical (unpaired) electrons. The Labute approximate surface area is 108 Å². The molecule has 0 heterocycles. The summed E-state index contributed by atoms with van der Waals surface area (Å²) in [5, 5.41) is 3.19. The average Bonchev–Trinajstić information content (AvgIpc) is 2.33. The molecule has 0 fully saturated rings. The van der Waals surface area contributed by atoms with E-state index >= 15 is 0 Å². The normalized spacial score (nSPS) is 13.3. The van der Waals surface area contributed by atoms with E-state index in [1.165, 1.54) is 0 Å². The molecule has 18 heavy (non-hydrogen) atoms. The maximum atomic E-state index is 10.5. The minimum Gasteiger partial charge on any atom is -0.497 e. The van der Waals surface area contributed by atoms with Gasteiger partial charge in [-0.3, -0.25) is 4.55 Å². The van der Waals surface area contributed by atoms with Crippen LogP contribution in [0.1, 0.15) is 24.9 Å². The molecule has 0 aliphatic rings. The summed E-state index contributed by atoms with van der Waals surface area (Å²) in [6.07, 6.45) is 0.382. The maximum Gasteiger partial charge on any atom is 0.264 e. The first-order chi connectivity index (χ1) is 8.42. The second-order valence-corrected chi connectivity index (χ2v) is 5.66. The molecule has 102 valence electrons. The zero-order valence-corrected chi connectivity index (χ0v) is 11.4. The van der Waals surface area contributed by atoms with Gasteiger partial charge < -0.3 is 10.1 Å². The Morgan fingerprint density at radius 2 is 2.17 bits per heavy atom. The fourth-order valence-electron chi connectivity index (χ4n) is 1.60. The van der Waals surface area contributed by atoms with E-state index in [0.717, 1.165) is 11.3 Å². The van der Waals surface area contributed by atoms with E-state index in [0.29, 0.717) is 13.0 Å². The van der Waals surface area contributed by atoms with Crippen LogP contribution < -0.4 is 10.1 Å². The molecule has 6 heteroatoms. The molecule has 0 amide bonds. The molecule has 0 saturated carbocycles. The van der Waals surface area contributed by atoms with Gasteiger partial charge >= 0.3 is 0 Å². The van der Waals surface area contributed by atoms with Gasteiger partial charge in [0.2, 0.25) is 0 Å². The molecule has 0 saturated heterocycles. The molecule has 5 nitrogen and oxygen atoms in total. The zero-order chi connectivity index (χ0) is 13.6. The molecule has 1 aromatic rings. The number of hydrogen-bond acceptors (Lipinski definition) is 4. The minimum atomic E-state index is -3.86. The summed E-state index contributed by atoms with van der Waals surface area (Å²) in [7, 11) is -2.24. The second-order valence-electron chi connectivity index (χ2n) is 4.09. The topological polar surface area (TPSA) is 75.6 Å². The van der Waals surface area contributed by atoms with E-state index in [2.05, 4.69) is 5.32 Å². The molecule has 1 rings (SSSR count). The molecule has 0 aliphatic heterocycles. The van der Waals surface area contributed by atoms with Crippen molar-refractivity contribution in [1.82, 2.24) is 5.32 Å². The molecule has 0 bridgehead atoms. The van der Waals surface area contributed by atoms with Crippen molar-refractivity contribution in [1.29, 1.82) is 0 Å². The van der Waals surface area contributed by atoms with Crippen molar-refractivity contribution in [3.05, 3.63) is 29.8 Å². The van der Waals surface area contributed by atoms with Crippen LogP contribution >= 0.6 is 0 Å². The van der Waals surface area contributed by atoms with E-state index in [4.69, 9.17) is 9.29 Å². The summed E-state index contributed by atoms with van der Waals surface area (Å²) in [4.78, 5) is 0. The van der Waals surface area contributed by atoms with E-state index in [-0.39, 0.29) is 11.8 Å². The lowest BCUT2D eigenvalue weighted by molar-refractivity contribution is 0.413. The number of hydrogen-bond donors (Lipinski definition) is 2. The monoisotopic (exact) mass is 273 g/mol. The first-order valence-corrected chi connectivity index (χ1v) is 7.36. The third-order valence-corrected chi connectivity index (χ3v) is 3.43.